The zero-order valence-electron chi connectivity index (χ0n) is 13.8. The SMILES string of the molecule is COc1ccc(-c2nnc(SCC(=O)Oc3cccc(C)c3)o2)cc1. The summed E-state index contributed by atoms with van der Waals surface area (Å²) < 4.78 is 15.9. The van der Waals surface area contributed by atoms with E-state index in [1.54, 1.807) is 19.2 Å². The monoisotopic (exact) mass is 356 g/mol. The number of methoxy groups -OCH3 is 1. The lowest BCUT2D eigenvalue weighted by molar-refractivity contribution is -0.131. The molecular weight excluding hydrogens is 340 g/mol. The topological polar surface area (TPSA) is 74.5 Å². The lowest BCUT2D eigenvalue weighted by Crippen LogP contribution is -2.10. The Morgan fingerprint density at radius 3 is 2.64 bits per heavy atom. The fraction of sp³-hybridized carbons (Fsp3) is 0.167. The molecule has 0 spiro atoms. The van der Waals surface area contributed by atoms with Crippen molar-refractivity contribution in [1.82, 2.24) is 10.2 Å². The van der Waals surface area contributed by atoms with Gasteiger partial charge >= 0.3 is 5.97 Å². The third kappa shape index (κ3) is 4.60. The molecule has 0 aliphatic carbocycles. The van der Waals surface area contributed by atoms with Crippen LogP contribution in [0.15, 0.2) is 58.2 Å². The smallest absolute Gasteiger partial charge is 0.321 e. The summed E-state index contributed by atoms with van der Waals surface area (Å²) in [5.74, 6) is 1.36. The number of carbonyl (C=O) groups is 1. The van der Waals surface area contributed by atoms with E-state index in [4.69, 9.17) is 13.9 Å². The quantitative estimate of drug-likeness (QED) is 0.378. The van der Waals surface area contributed by atoms with Gasteiger partial charge in [0.1, 0.15) is 17.3 Å². The maximum Gasteiger partial charge on any atom is 0.321 e. The zero-order chi connectivity index (χ0) is 17.6. The molecule has 0 atom stereocenters. The summed E-state index contributed by atoms with van der Waals surface area (Å²) in [7, 11) is 1.60. The predicted molar refractivity (Wildman–Crippen MR) is 93.8 cm³/mol. The van der Waals surface area contributed by atoms with Crippen LogP contribution in [0.2, 0.25) is 0 Å². The summed E-state index contributed by atoms with van der Waals surface area (Å²) in [6, 6.07) is 14.6. The standard InChI is InChI=1S/C18H16N2O4S/c1-12-4-3-5-15(10-12)23-16(21)11-25-18-20-19-17(24-18)13-6-8-14(22-2)9-7-13/h3-10H,11H2,1-2H3. The molecule has 0 fully saturated rings. The highest BCUT2D eigenvalue weighted by molar-refractivity contribution is 7.99. The fourth-order valence-corrected chi connectivity index (χ4v) is 2.62. The number of ether oxygens (including phenoxy) is 2. The maximum atomic E-state index is 11.9. The largest absolute Gasteiger partial charge is 0.497 e. The number of aryl methyl sites for hydroxylation is 1. The van der Waals surface area contributed by atoms with Gasteiger partial charge in [-0.1, -0.05) is 23.9 Å². The molecule has 0 radical (unpaired) electrons. The lowest BCUT2D eigenvalue weighted by atomic mass is 10.2. The van der Waals surface area contributed by atoms with Crippen molar-refractivity contribution in [3.8, 4) is 23.0 Å². The summed E-state index contributed by atoms with van der Waals surface area (Å²) in [5, 5.41) is 8.23. The second kappa shape index (κ2) is 7.85. The minimum absolute atomic E-state index is 0.0815. The molecule has 0 unspecified atom stereocenters. The molecule has 0 aliphatic rings. The minimum atomic E-state index is -0.375. The van der Waals surface area contributed by atoms with Gasteiger partial charge in [-0.05, 0) is 48.9 Å². The first-order valence-electron chi connectivity index (χ1n) is 7.52. The minimum Gasteiger partial charge on any atom is -0.497 e. The highest BCUT2D eigenvalue weighted by atomic mass is 32.2. The third-order valence-corrected chi connectivity index (χ3v) is 4.07. The first-order valence-corrected chi connectivity index (χ1v) is 8.50. The van der Waals surface area contributed by atoms with Gasteiger partial charge in [-0.15, -0.1) is 10.2 Å². The normalized spacial score (nSPS) is 10.5. The van der Waals surface area contributed by atoms with Crippen LogP contribution >= 0.6 is 11.8 Å². The van der Waals surface area contributed by atoms with E-state index in [-0.39, 0.29) is 11.7 Å². The molecular formula is C18H16N2O4S. The highest BCUT2D eigenvalue weighted by Gasteiger charge is 2.12. The molecule has 1 aromatic heterocycles. The van der Waals surface area contributed by atoms with Gasteiger partial charge in [0, 0.05) is 5.56 Å². The number of nitrogens with zero attached hydrogens (tertiary/aromatic N) is 2. The number of hydrogen-bond donors (Lipinski definition) is 0. The van der Waals surface area contributed by atoms with E-state index in [1.807, 2.05) is 43.3 Å². The summed E-state index contributed by atoms with van der Waals surface area (Å²) in [6.45, 7) is 1.94. The van der Waals surface area contributed by atoms with Crippen molar-refractivity contribution in [2.24, 2.45) is 0 Å². The van der Waals surface area contributed by atoms with E-state index >= 15 is 0 Å². The van der Waals surface area contributed by atoms with Gasteiger partial charge in [-0.2, -0.15) is 0 Å². The number of carbonyl (C=O) groups excluding carboxylic acids is 1. The average molecular weight is 356 g/mol. The molecule has 0 amide bonds. The Morgan fingerprint density at radius 2 is 1.92 bits per heavy atom. The van der Waals surface area contributed by atoms with Crippen LogP contribution in [0.3, 0.4) is 0 Å². The van der Waals surface area contributed by atoms with Crippen molar-refractivity contribution in [2.75, 3.05) is 12.9 Å². The maximum absolute atomic E-state index is 11.9. The van der Waals surface area contributed by atoms with Crippen LogP contribution < -0.4 is 9.47 Å². The van der Waals surface area contributed by atoms with Crippen LogP contribution in [0.25, 0.3) is 11.5 Å². The van der Waals surface area contributed by atoms with Gasteiger partial charge in [0.05, 0.1) is 7.11 Å². The second-order valence-electron chi connectivity index (χ2n) is 5.18. The Balaban J connectivity index is 1.56. The molecule has 6 nitrogen and oxygen atoms in total. The predicted octanol–water partition coefficient (Wildman–Crippen LogP) is 3.75. The third-order valence-electron chi connectivity index (χ3n) is 3.28. The van der Waals surface area contributed by atoms with Gasteiger partial charge < -0.3 is 13.9 Å². The molecule has 25 heavy (non-hydrogen) atoms. The van der Waals surface area contributed by atoms with Gasteiger partial charge in [-0.3, -0.25) is 4.79 Å². The molecule has 128 valence electrons. The highest BCUT2D eigenvalue weighted by Crippen LogP contribution is 2.25. The second-order valence-corrected chi connectivity index (χ2v) is 6.11. The van der Waals surface area contributed by atoms with Crippen LogP contribution in [0, 0.1) is 6.92 Å². The Bertz CT molecular complexity index is 862. The van der Waals surface area contributed by atoms with E-state index in [9.17, 15) is 4.79 Å². The summed E-state index contributed by atoms with van der Waals surface area (Å²) in [6.07, 6.45) is 0. The van der Waals surface area contributed by atoms with Crippen LogP contribution in [0.5, 0.6) is 11.5 Å². The van der Waals surface area contributed by atoms with E-state index in [2.05, 4.69) is 10.2 Å². The van der Waals surface area contributed by atoms with Gasteiger partial charge in [-0.25, -0.2) is 0 Å². The van der Waals surface area contributed by atoms with Crippen LogP contribution in [-0.4, -0.2) is 29.0 Å². The molecule has 3 aromatic rings. The lowest BCUT2D eigenvalue weighted by Gasteiger charge is -2.03. The first kappa shape index (κ1) is 17.0. The molecule has 0 aliphatic heterocycles. The van der Waals surface area contributed by atoms with Crippen molar-refractivity contribution in [1.29, 1.82) is 0 Å². The van der Waals surface area contributed by atoms with Crippen molar-refractivity contribution < 1.29 is 18.7 Å². The van der Waals surface area contributed by atoms with Gasteiger partial charge in [0.25, 0.3) is 5.22 Å². The number of rotatable bonds is 6. The molecule has 0 saturated carbocycles. The van der Waals surface area contributed by atoms with Crippen LogP contribution in [0.4, 0.5) is 0 Å². The number of hydrogen-bond acceptors (Lipinski definition) is 7. The molecule has 0 bridgehead atoms. The Kier molecular flexibility index (Phi) is 5.35. The molecule has 0 saturated heterocycles. The number of thioether (sulfide) groups is 1. The van der Waals surface area contributed by atoms with E-state index < -0.39 is 0 Å². The van der Waals surface area contributed by atoms with Gasteiger partial charge in [0.15, 0.2) is 0 Å². The summed E-state index contributed by atoms with van der Waals surface area (Å²) in [4.78, 5) is 11.9. The zero-order valence-corrected chi connectivity index (χ0v) is 14.6. The molecule has 2 aromatic carbocycles. The Hall–Kier alpha value is -2.80. The van der Waals surface area contributed by atoms with Gasteiger partial charge in [0.2, 0.25) is 5.89 Å². The van der Waals surface area contributed by atoms with Crippen LogP contribution in [0.1, 0.15) is 5.56 Å². The van der Waals surface area contributed by atoms with Crippen molar-refractivity contribution in [3.63, 3.8) is 0 Å². The first-order chi connectivity index (χ1) is 12.1. The number of esters is 1. The van der Waals surface area contributed by atoms with E-state index in [0.29, 0.717) is 16.9 Å². The molecule has 3 rings (SSSR count). The fourth-order valence-electron chi connectivity index (χ4n) is 2.08. The van der Waals surface area contributed by atoms with Crippen molar-refractivity contribution in [2.45, 2.75) is 12.1 Å². The van der Waals surface area contributed by atoms with E-state index in [0.717, 1.165) is 28.6 Å². The summed E-state index contributed by atoms with van der Waals surface area (Å²) in [5.41, 5.74) is 1.81. The van der Waals surface area contributed by atoms with Crippen molar-refractivity contribution in [3.05, 3.63) is 54.1 Å². The molecule has 0 N–H and O–H groups in total. The number of benzene rings is 2. The Labute approximate surface area is 149 Å². The van der Waals surface area contributed by atoms with Crippen LogP contribution in [-0.2, 0) is 4.79 Å². The molecule has 7 heteroatoms. The van der Waals surface area contributed by atoms with Crippen molar-refractivity contribution >= 4 is 17.7 Å². The summed E-state index contributed by atoms with van der Waals surface area (Å²) >= 11 is 1.14. The van der Waals surface area contributed by atoms with E-state index in [1.165, 1.54) is 0 Å². The number of aromatic nitrogens is 2. The molecule has 1 heterocycles. The Morgan fingerprint density at radius 1 is 1.12 bits per heavy atom. The average Bonchev–Trinajstić information content (AvgIpc) is 3.09.